The van der Waals surface area contributed by atoms with Crippen LogP contribution in [0, 0.1) is 0 Å². The molecular weight excluding hydrogens is 536 g/mol. The van der Waals surface area contributed by atoms with Gasteiger partial charge in [-0.25, -0.2) is 4.98 Å². The first-order valence-corrected chi connectivity index (χ1v) is 14.8. The second kappa shape index (κ2) is 9.79. The molecule has 0 spiro atoms. The third-order valence-corrected chi connectivity index (χ3v) is 8.54. The highest BCUT2D eigenvalue weighted by atomic mass is 15.2. The van der Waals surface area contributed by atoms with Gasteiger partial charge in [0.05, 0.1) is 27.9 Å². The summed E-state index contributed by atoms with van der Waals surface area (Å²) >= 11 is 0. The Bertz CT molecular complexity index is 2340. The Kier molecular flexibility index (Phi) is 5.47. The monoisotopic (exact) mass is 562 g/mol. The number of hydrogen-bond acceptors (Lipinski definition) is 3. The van der Waals surface area contributed by atoms with E-state index < -0.39 is 0 Å². The van der Waals surface area contributed by atoms with Gasteiger partial charge in [-0.3, -0.25) is 9.55 Å². The maximum Gasteiger partial charge on any atom is 0.145 e. The molecule has 0 saturated carbocycles. The summed E-state index contributed by atoms with van der Waals surface area (Å²) in [5.74, 6) is 0.914. The fraction of sp³-hybridized carbons (Fsp3) is 0. The van der Waals surface area contributed by atoms with Gasteiger partial charge in [0.15, 0.2) is 0 Å². The Morgan fingerprint density at radius 1 is 0.455 bits per heavy atom. The van der Waals surface area contributed by atoms with Crippen LogP contribution in [0.4, 0.5) is 17.1 Å². The van der Waals surface area contributed by atoms with Crippen LogP contribution in [0.5, 0.6) is 0 Å². The van der Waals surface area contributed by atoms with Gasteiger partial charge in [-0.05, 0) is 77.4 Å². The van der Waals surface area contributed by atoms with E-state index in [-0.39, 0.29) is 0 Å². The van der Waals surface area contributed by atoms with Gasteiger partial charge in [-0.2, -0.15) is 0 Å². The number of hydrogen-bond donors (Lipinski definition) is 0. The Hall–Kier alpha value is -6.00. The molecule has 9 rings (SSSR count). The number of anilines is 3. The minimum Gasteiger partial charge on any atom is -0.309 e. The van der Waals surface area contributed by atoms with E-state index in [1.165, 1.54) is 22.3 Å². The molecule has 4 nitrogen and oxygen atoms in total. The molecule has 6 aromatic carbocycles. The molecule has 3 heterocycles. The van der Waals surface area contributed by atoms with Crippen LogP contribution in [0.3, 0.4) is 0 Å². The van der Waals surface area contributed by atoms with E-state index in [2.05, 4.69) is 149 Å². The molecule has 2 aromatic heterocycles. The molecule has 4 heteroatoms. The summed E-state index contributed by atoms with van der Waals surface area (Å²) < 4.78 is 2.25. The van der Waals surface area contributed by atoms with Gasteiger partial charge in [-0.1, -0.05) is 91.0 Å². The van der Waals surface area contributed by atoms with Crippen molar-refractivity contribution < 1.29 is 0 Å². The molecule has 0 radical (unpaired) electrons. The number of imidazole rings is 1. The zero-order valence-electron chi connectivity index (χ0n) is 23.8. The number of para-hydroxylation sites is 4. The van der Waals surface area contributed by atoms with Crippen LogP contribution in [0.15, 0.2) is 158 Å². The predicted octanol–water partition coefficient (Wildman–Crippen LogP) is 10.4. The molecule has 0 saturated heterocycles. The van der Waals surface area contributed by atoms with E-state index in [1.807, 2.05) is 18.3 Å². The van der Waals surface area contributed by atoms with Gasteiger partial charge in [0.1, 0.15) is 5.82 Å². The molecule has 0 atom stereocenters. The summed E-state index contributed by atoms with van der Waals surface area (Å²) in [4.78, 5) is 12.4. The number of benzene rings is 6. The quantitative estimate of drug-likeness (QED) is 0.214. The molecule has 206 valence electrons. The van der Waals surface area contributed by atoms with E-state index in [4.69, 9.17) is 9.97 Å². The maximum absolute atomic E-state index is 5.14. The van der Waals surface area contributed by atoms with Crippen molar-refractivity contribution in [2.24, 2.45) is 0 Å². The lowest BCUT2D eigenvalue weighted by Gasteiger charge is -2.33. The summed E-state index contributed by atoms with van der Waals surface area (Å²) in [6.07, 6.45) is 1.93. The van der Waals surface area contributed by atoms with Crippen LogP contribution in [0.1, 0.15) is 0 Å². The highest BCUT2D eigenvalue weighted by molar-refractivity contribution is 6.14. The second-order valence-electron chi connectivity index (χ2n) is 11.1. The van der Waals surface area contributed by atoms with Crippen molar-refractivity contribution in [1.82, 2.24) is 14.5 Å². The third-order valence-electron chi connectivity index (χ3n) is 8.54. The molecule has 0 N–H and O–H groups in total. The smallest absolute Gasteiger partial charge is 0.145 e. The Balaban J connectivity index is 1.26. The maximum atomic E-state index is 5.14. The number of fused-ring (bicyclic) bond motifs is 3. The molecule has 0 fully saturated rings. The third kappa shape index (κ3) is 3.78. The van der Waals surface area contributed by atoms with E-state index >= 15 is 0 Å². The minimum atomic E-state index is 0.914. The molecule has 44 heavy (non-hydrogen) atoms. The number of aromatic nitrogens is 3. The fourth-order valence-corrected chi connectivity index (χ4v) is 6.61. The highest BCUT2D eigenvalue weighted by Gasteiger charge is 2.27. The van der Waals surface area contributed by atoms with Crippen molar-refractivity contribution in [2.45, 2.75) is 0 Å². The number of rotatable bonds is 4. The molecule has 0 unspecified atom stereocenters. The second-order valence-corrected chi connectivity index (χ2v) is 11.1. The van der Waals surface area contributed by atoms with Gasteiger partial charge in [0.25, 0.3) is 0 Å². The SMILES string of the molecule is c1ccc(-c2cc3c4c(ccnc4c2)N(c2cccc(-c4nc5ccccc5n4-c4ccccc4)c2)c2ccccc2-3)cc1. The molecular formula is C40H26N4. The van der Waals surface area contributed by atoms with Crippen molar-refractivity contribution in [1.29, 1.82) is 0 Å². The fourth-order valence-electron chi connectivity index (χ4n) is 6.61. The van der Waals surface area contributed by atoms with Crippen LogP contribution in [0.25, 0.3) is 61.3 Å². The molecule has 1 aliphatic heterocycles. The Morgan fingerprint density at radius 2 is 1.18 bits per heavy atom. The van der Waals surface area contributed by atoms with E-state index in [0.29, 0.717) is 0 Å². The topological polar surface area (TPSA) is 34.0 Å². The number of nitrogens with zero attached hydrogens (tertiary/aromatic N) is 4. The average Bonchev–Trinajstić information content (AvgIpc) is 3.49. The van der Waals surface area contributed by atoms with E-state index in [1.54, 1.807) is 0 Å². The Labute approximate surface area is 255 Å². The lowest BCUT2D eigenvalue weighted by molar-refractivity contribution is 1.10. The largest absolute Gasteiger partial charge is 0.309 e. The first-order chi connectivity index (χ1) is 21.8. The predicted molar refractivity (Wildman–Crippen MR) is 181 cm³/mol. The van der Waals surface area contributed by atoms with Crippen LogP contribution in [-0.2, 0) is 0 Å². The normalized spacial score (nSPS) is 12.0. The van der Waals surface area contributed by atoms with Crippen LogP contribution >= 0.6 is 0 Å². The van der Waals surface area contributed by atoms with Crippen LogP contribution in [0.2, 0.25) is 0 Å². The van der Waals surface area contributed by atoms with Crippen LogP contribution in [-0.4, -0.2) is 14.5 Å². The summed E-state index contributed by atoms with van der Waals surface area (Å²) in [5, 5.41) is 1.16. The van der Waals surface area contributed by atoms with Crippen molar-refractivity contribution >= 4 is 39.0 Å². The minimum absolute atomic E-state index is 0.914. The lowest BCUT2D eigenvalue weighted by atomic mass is 9.89. The summed E-state index contributed by atoms with van der Waals surface area (Å²) in [5.41, 5.74) is 13.3. The molecule has 0 bridgehead atoms. The molecule has 0 amide bonds. The summed E-state index contributed by atoms with van der Waals surface area (Å²) in [7, 11) is 0. The van der Waals surface area contributed by atoms with Crippen molar-refractivity contribution in [3.8, 4) is 39.3 Å². The zero-order valence-corrected chi connectivity index (χ0v) is 23.8. The van der Waals surface area contributed by atoms with Crippen molar-refractivity contribution in [3.63, 3.8) is 0 Å². The van der Waals surface area contributed by atoms with Crippen LogP contribution < -0.4 is 4.90 Å². The van der Waals surface area contributed by atoms with Gasteiger partial charge in [-0.15, -0.1) is 0 Å². The van der Waals surface area contributed by atoms with Gasteiger partial charge in [0.2, 0.25) is 0 Å². The number of pyridine rings is 1. The van der Waals surface area contributed by atoms with E-state index in [0.717, 1.165) is 56.1 Å². The molecule has 0 aliphatic carbocycles. The van der Waals surface area contributed by atoms with Gasteiger partial charge >= 0.3 is 0 Å². The van der Waals surface area contributed by atoms with Gasteiger partial charge in [0, 0.05) is 34.1 Å². The summed E-state index contributed by atoms with van der Waals surface area (Å²) in [6.45, 7) is 0. The first kappa shape index (κ1) is 24.6. The summed E-state index contributed by atoms with van der Waals surface area (Å²) in [6, 6.07) is 53.4. The van der Waals surface area contributed by atoms with Gasteiger partial charge < -0.3 is 4.90 Å². The van der Waals surface area contributed by atoms with Crippen molar-refractivity contribution in [2.75, 3.05) is 4.90 Å². The average molecular weight is 563 g/mol. The van der Waals surface area contributed by atoms with Crippen molar-refractivity contribution in [3.05, 3.63) is 158 Å². The Morgan fingerprint density at radius 3 is 2.07 bits per heavy atom. The standard InChI is InChI=1S/C40H26N4/c1-3-12-27(13-4-1)29-25-33-32-18-7-9-20-36(32)43(38-22-23-41-35(26-29)39(33)38)31-17-11-14-28(24-31)40-42-34-19-8-10-21-37(34)44(40)30-15-5-2-6-16-30/h1-26H. The molecule has 8 aromatic rings. The first-order valence-electron chi connectivity index (χ1n) is 14.8. The highest BCUT2D eigenvalue weighted by Crippen LogP contribution is 2.51. The van der Waals surface area contributed by atoms with E-state index in [9.17, 15) is 0 Å². The lowest BCUT2D eigenvalue weighted by Crippen LogP contribution is -2.15. The zero-order chi connectivity index (χ0) is 29.0. The molecule has 1 aliphatic rings.